The van der Waals surface area contributed by atoms with Gasteiger partial charge in [0.1, 0.15) is 11.6 Å². The summed E-state index contributed by atoms with van der Waals surface area (Å²) in [5.74, 6) is 2.36. The number of rotatable bonds is 3. The maximum atomic E-state index is 11.8. The van der Waals surface area contributed by atoms with Gasteiger partial charge in [0.15, 0.2) is 0 Å². The molecular formula is C20H23N5O2. The van der Waals surface area contributed by atoms with E-state index in [2.05, 4.69) is 14.9 Å². The second kappa shape index (κ2) is 6.98. The fourth-order valence-corrected chi connectivity index (χ4v) is 3.73. The Morgan fingerprint density at radius 3 is 2.81 bits per heavy atom. The molecule has 0 amide bonds. The maximum Gasteiger partial charge on any atom is 0.251 e. The van der Waals surface area contributed by atoms with E-state index in [4.69, 9.17) is 14.7 Å². The SMILES string of the molecule is COc1ccc2c(C)nc(N3CCC[C@H](c4cc(=O)[nH]c(C)n4)C3)nc2c1. The predicted octanol–water partition coefficient (Wildman–Crippen LogP) is 2.72. The van der Waals surface area contributed by atoms with Gasteiger partial charge < -0.3 is 14.6 Å². The molecule has 1 atom stereocenters. The molecule has 0 spiro atoms. The van der Waals surface area contributed by atoms with Gasteiger partial charge in [0.2, 0.25) is 5.95 Å². The summed E-state index contributed by atoms with van der Waals surface area (Å²) in [6, 6.07) is 7.47. The van der Waals surface area contributed by atoms with E-state index in [1.54, 1.807) is 13.2 Å². The second-order valence-corrected chi connectivity index (χ2v) is 7.03. The van der Waals surface area contributed by atoms with Crippen LogP contribution in [0.5, 0.6) is 5.75 Å². The average molecular weight is 365 g/mol. The topological polar surface area (TPSA) is 84.0 Å². The van der Waals surface area contributed by atoms with Gasteiger partial charge in [0.25, 0.3) is 5.56 Å². The van der Waals surface area contributed by atoms with Crippen LogP contribution in [0.3, 0.4) is 0 Å². The van der Waals surface area contributed by atoms with Gasteiger partial charge in [0, 0.05) is 36.5 Å². The number of hydrogen-bond acceptors (Lipinski definition) is 6. The second-order valence-electron chi connectivity index (χ2n) is 7.03. The molecule has 1 aromatic carbocycles. The van der Waals surface area contributed by atoms with Crippen molar-refractivity contribution in [2.75, 3.05) is 25.1 Å². The van der Waals surface area contributed by atoms with Gasteiger partial charge in [-0.2, -0.15) is 0 Å². The minimum Gasteiger partial charge on any atom is -0.497 e. The van der Waals surface area contributed by atoms with E-state index in [0.29, 0.717) is 5.82 Å². The van der Waals surface area contributed by atoms with Gasteiger partial charge in [-0.05, 0) is 38.8 Å². The van der Waals surface area contributed by atoms with Crippen molar-refractivity contribution in [3.63, 3.8) is 0 Å². The van der Waals surface area contributed by atoms with Crippen LogP contribution in [0.4, 0.5) is 5.95 Å². The first kappa shape index (κ1) is 17.5. The fourth-order valence-electron chi connectivity index (χ4n) is 3.73. The number of nitrogens with one attached hydrogen (secondary N) is 1. The number of benzene rings is 1. The molecule has 27 heavy (non-hydrogen) atoms. The molecule has 0 radical (unpaired) electrons. The number of methoxy groups -OCH3 is 1. The van der Waals surface area contributed by atoms with Crippen LogP contribution < -0.4 is 15.2 Å². The number of nitrogens with zero attached hydrogens (tertiary/aromatic N) is 4. The lowest BCUT2D eigenvalue weighted by molar-refractivity contribution is 0.415. The molecule has 0 bridgehead atoms. The molecule has 1 fully saturated rings. The van der Waals surface area contributed by atoms with Crippen LogP contribution in [-0.2, 0) is 0 Å². The van der Waals surface area contributed by atoms with Crippen molar-refractivity contribution in [1.82, 2.24) is 19.9 Å². The fraction of sp³-hybridized carbons (Fsp3) is 0.400. The number of hydrogen-bond donors (Lipinski definition) is 1. The summed E-state index contributed by atoms with van der Waals surface area (Å²) in [4.78, 5) is 30.8. The van der Waals surface area contributed by atoms with E-state index >= 15 is 0 Å². The number of ether oxygens (including phenoxy) is 1. The van der Waals surface area contributed by atoms with Crippen molar-refractivity contribution >= 4 is 16.9 Å². The first-order valence-corrected chi connectivity index (χ1v) is 9.18. The lowest BCUT2D eigenvalue weighted by Gasteiger charge is -2.32. The molecule has 0 aliphatic carbocycles. The molecule has 140 valence electrons. The third kappa shape index (κ3) is 3.49. The van der Waals surface area contributed by atoms with E-state index in [1.165, 1.54) is 0 Å². The molecule has 1 aliphatic heterocycles. The van der Waals surface area contributed by atoms with Crippen molar-refractivity contribution in [3.8, 4) is 5.75 Å². The third-order valence-electron chi connectivity index (χ3n) is 5.09. The largest absolute Gasteiger partial charge is 0.497 e. The van der Waals surface area contributed by atoms with Crippen LogP contribution in [-0.4, -0.2) is 40.1 Å². The van der Waals surface area contributed by atoms with E-state index < -0.39 is 0 Å². The normalized spacial score (nSPS) is 17.3. The van der Waals surface area contributed by atoms with Gasteiger partial charge in [-0.3, -0.25) is 4.79 Å². The third-order valence-corrected chi connectivity index (χ3v) is 5.09. The van der Waals surface area contributed by atoms with Gasteiger partial charge in [0.05, 0.1) is 24.0 Å². The molecule has 7 heteroatoms. The summed E-state index contributed by atoms with van der Waals surface area (Å²) < 4.78 is 5.33. The van der Waals surface area contributed by atoms with Crippen molar-refractivity contribution in [2.45, 2.75) is 32.6 Å². The van der Waals surface area contributed by atoms with Crippen molar-refractivity contribution in [3.05, 3.63) is 51.8 Å². The number of H-pyrrole nitrogens is 1. The van der Waals surface area contributed by atoms with Crippen LogP contribution in [0.1, 0.15) is 36.0 Å². The molecule has 1 aliphatic rings. The van der Waals surface area contributed by atoms with Crippen LogP contribution in [0.15, 0.2) is 29.1 Å². The molecule has 1 N–H and O–H groups in total. The number of piperidine rings is 1. The van der Waals surface area contributed by atoms with Gasteiger partial charge in [-0.1, -0.05) is 0 Å². The zero-order valence-corrected chi connectivity index (χ0v) is 15.8. The molecule has 3 aromatic rings. The Morgan fingerprint density at radius 1 is 1.19 bits per heavy atom. The predicted molar refractivity (Wildman–Crippen MR) is 105 cm³/mol. The first-order valence-electron chi connectivity index (χ1n) is 9.18. The molecule has 0 saturated carbocycles. The summed E-state index contributed by atoms with van der Waals surface area (Å²) in [5.41, 5.74) is 2.58. The van der Waals surface area contributed by atoms with E-state index in [1.807, 2.05) is 32.0 Å². The molecule has 4 rings (SSSR count). The highest BCUT2D eigenvalue weighted by molar-refractivity contribution is 5.83. The summed E-state index contributed by atoms with van der Waals surface area (Å²) in [6.45, 7) is 5.47. The highest BCUT2D eigenvalue weighted by Crippen LogP contribution is 2.29. The lowest BCUT2D eigenvalue weighted by atomic mass is 9.94. The van der Waals surface area contributed by atoms with Crippen molar-refractivity contribution in [1.29, 1.82) is 0 Å². The van der Waals surface area contributed by atoms with Crippen LogP contribution in [0, 0.1) is 13.8 Å². The molecule has 1 saturated heterocycles. The zero-order chi connectivity index (χ0) is 19.0. The highest BCUT2D eigenvalue weighted by atomic mass is 16.5. The van der Waals surface area contributed by atoms with Crippen molar-refractivity contribution < 1.29 is 4.74 Å². The standard InChI is InChI=1S/C20H23N5O2/c1-12-16-7-6-15(27-3)9-18(16)24-20(21-12)25-8-4-5-14(11-25)17-10-19(26)23-13(2)22-17/h6-7,9-10,14H,4-5,8,11H2,1-3H3,(H,22,23,26)/t14-/m0/s1. The van der Waals surface area contributed by atoms with E-state index in [9.17, 15) is 4.79 Å². The molecular weight excluding hydrogens is 342 g/mol. The lowest BCUT2D eigenvalue weighted by Crippen LogP contribution is -2.36. The van der Waals surface area contributed by atoms with E-state index in [-0.39, 0.29) is 11.5 Å². The van der Waals surface area contributed by atoms with Crippen LogP contribution in [0.25, 0.3) is 10.9 Å². The Bertz CT molecular complexity index is 1050. The van der Waals surface area contributed by atoms with Gasteiger partial charge in [-0.15, -0.1) is 0 Å². The minimum atomic E-state index is -0.0977. The monoisotopic (exact) mass is 365 g/mol. The zero-order valence-electron chi connectivity index (χ0n) is 15.8. The number of fused-ring (bicyclic) bond motifs is 1. The van der Waals surface area contributed by atoms with E-state index in [0.717, 1.165) is 59.9 Å². The van der Waals surface area contributed by atoms with Gasteiger partial charge >= 0.3 is 0 Å². The highest BCUT2D eigenvalue weighted by Gasteiger charge is 2.25. The summed E-state index contributed by atoms with van der Waals surface area (Å²) in [7, 11) is 1.65. The Balaban J connectivity index is 1.67. The Hall–Kier alpha value is -2.96. The quantitative estimate of drug-likeness (QED) is 0.768. The molecule has 7 nitrogen and oxygen atoms in total. The maximum absolute atomic E-state index is 11.8. The molecule has 2 aromatic heterocycles. The van der Waals surface area contributed by atoms with Crippen molar-refractivity contribution in [2.24, 2.45) is 0 Å². The number of anilines is 1. The summed E-state index contributed by atoms with van der Waals surface area (Å²) in [5, 5.41) is 1.03. The Morgan fingerprint density at radius 2 is 2.04 bits per heavy atom. The summed E-state index contributed by atoms with van der Waals surface area (Å²) >= 11 is 0. The first-order chi connectivity index (χ1) is 13.0. The smallest absolute Gasteiger partial charge is 0.251 e. The molecule has 0 unspecified atom stereocenters. The van der Waals surface area contributed by atoms with Gasteiger partial charge in [-0.25, -0.2) is 15.0 Å². The molecule has 3 heterocycles. The minimum absolute atomic E-state index is 0.0977. The average Bonchev–Trinajstić information content (AvgIpc) is 2.66. The van der Waals surface area contributed by atoms with Crippen LogP contribution in [0.2, 0.25) is 0 Å². The Labute approximate surface area is 157 Å². The number of aromatic amines is 1. The Kier molecular flexibility index (Phi) is 4.51. The van der Waals surface area contributed by atoms with Crippen LogP contribution >= 0.6 is 0 Å². The number of aryl methyl sites for hydroxylation is 2. The number of aromatic nitrogens is 4. The summed E-state index contributed by atoms with van der Waals surface area (Å²) in [6.07, 6.45) is 2.02.